The number of rotatable bonds is 27. The molecule has 0 aliphatic rings. The number of ether oxygens (including phenoxy) is 3. The van der Waals surface area contributed by atoms with Crippen LogP contribution in [0.1, 0.15) is 154 Å². The number of hydrogen-bond donors (Lipinski definition) is 0. The fourth-order valence-corrected chi connectivity index (χ4v) is 5.05. The maximum Gasteiger partial charge on any atom is 0.330 e. The van der Waals surface area contributed by atoms with Crippen LogP contribution in [0.15, 0.2) is 24.3 Å². The summed E-state index contributed by atoms with van der Waals surface area (Å²) >= 11 is 0. The fourth-order valence-electron chi connectivity index (χ4n) is 5.05. The lowest BCUT2D eigenvalue weighted by Crippen LogP contribution is -2.02. The van der Waals surface area contributed by atoms with Crippen LogP contribution in [0, 0.1) is 0 Å². The molecule has 1 rings (SSSR count). The molecule has 0 spiro atoms. The maximum atomic E-state index is 11.9. The highest BCUT2D eigenvalue weighted by molar-refractivity contribution is 5.87. The zero-order chi connectivity index (χ0) is 28.2. The van der Waals surface area contributed by atoms with Crippen molar-refractivity contribution < 1.29 is 19.0 Å². The van der Waals surface area contributed by atoms with Crippen molar-refractivity contribution in [3.63, 3.8) is 0 Å². The Morgan fingerprint density at radius 3 is 1.41 bits per heavy atom. The van der Waals surface area contributed by atoms with E-state index >= 15 is 0 Å². The summed E-state index contributed by atoms with van der Waals surface area (Å²) in [7, 11) is 3.20. The minimum atomic E-state index is -0.298. The van der Waals surface area contributed by atoms with Crippen LogP contribution >= 0.6 is 0 Å². The number of benzene rings is 1. The topological polar surface area (TPSA) is 44.8 Å². The van der Waals surface area contributed by atoms with Crippen LogP contribution in [-0.4, -0.2) is 26.8 Å². The molecule has 0 atom stereocenters. The first-order valence-corrected chi connectivity index (χ1v) is 16.3. The lowest BCUT2D eigenvalue weighted by Gasteiger charge is -2.07. The number of hydrogen-bond acceptors (Lipinski definition) is 4. The molecule has 4 nitrogen and oxygen atoms in total. The zero-order valence-electron chi connectivity index (χ0n) is 25.8. The SMILES string of the molecule is CCCCCCCCCCCCCCCCCCCCCCCCOC(=O)/C=C/c1ccc(OC)c(OC)c1. The molecule has 0 aliphatic carbocycles. The summed E-state index contributed by atoms with van der Waals surface area (Å²) in [6, 6.07) is 5.54. The highest BCUT2D eigenvalue weighted by Crippen LogP contribution is 2.28. The van der Waals surface area contributed by atoms with Gasteiger partial charge in [-0.3, -0.25) is 0 Å². The smallest absolute Gasteiger partial charge is 0.330 e. The van der Waals surface area contributed by atoms with Crippen molar-refractivity contribution >= 4 is 12.0 Å². The van der Waals surface area contributed by atoms with Crippen molar-refractivity contribution in [1.29, 1.82) is 0 Å². The predicted molar refractivity (Wildman–Crippen MR) is 167 cm³/mol. The van der Waals surface area contributed by atoms with Crippen molar-refractivity contribution in [2.24, 2.45) is 0 Å². The minimum absolute atomic E-state index is 0.298. The summed E-state index contributed by atoms with van der Waals surface area (Å²) < 4.78 is 15.8. The first-order chi connectivity index (χ1) is 19.2. The molecule has 0 aliphatic heterocycles. The van der Waals surface area contributed by atoms with Crippen LogP contribution in [0.2, 0.25) is 0 Å². The van der Waals surface area contributed by atoms with E-state index in [-0.39, 0.29) is 5.97 Å². The van der Waals surface area contributed by atoms with E-state index in [4.69, 9.17) is 14.2 Å². The highest BCUT2D eigenvalue weighted by Gasteiger charge is 2.04. The Balaban J connectivity index is 1.82. The molecular weight excluding hydrogens is 484 g/mol. The molecule has 0 aromatic heterocycles. The van der Waals surface area contributed by atoms with Crippen LogP contribution in [-0.2, 0) is 9.53 Å². The van der Waals surface area contributed by atoms with Crippen LogP contribution in [0.5, 0.6) is 11.5 Å². The van der Waals surface area contributed by atoms with Gasteiger partial charge in [0.1, 0.15) is 0 Å². The molecule has 0 unspecified atom stereocenters. The van der Waals surface area contributed by atoms with E-state index in [2.05, 4.69) is 6.92 Å². The van der Waals surface area contributed by atoms with Crippen molar-refractivity contribution in [2.75, 3.05) is 20.8 Å². The molecule has 0 saturated heterocycles. The van der Waals surface area contributed by atoms with E-state index in [1.807, 2.05) is 18.2 Å². The minimum Gasteiger partial charge on any atom is -0.493 e. The molecule has 0 saturated carbocycles. The summed E-state index contributed by atoms with van der Waals surface area (Å²) in [6.07, 6.45) is 33.5. The highest BCUT2D eigenvalue weighted by atomic mass is 16.5. The Morgan fingerprint density at radius 1 is 0.590 bits per heavy atom. The van der Waals surface area contributed by atoms with Crippen molar-refractivity contribution in [3.05, 3.63) is 29.8 Å². The number of methoxy groups -OCH3 is 2. The van der Waals surface area contributed by atoms with E-state index in [1.165, 1.54) is 134 Å². The van der Waals surface area contributed by atoms with Gasteiger partial charge in [0.05, 0.1) is 20.8 Å². The summed E-state index contributed by atoms with van der Waals surface area (Å²) in [5, 5.41) is 0. The lowest BCUT2D eigenvalue weighted by molar-refractivity contribution is -0.137. The molecule has 4 heteroatoms. The Labute approximate surface area is 241 Å². The number of unbranched alkanes of at least 4 members (excludes halogenated alkanes) is 21. The van der Waals surface area contributed by atoms with Gasteiger partial charge in [0.25, 0.3) is 0 Å². The molecule has 0 radical (unpaired) electrons. The second-order valence-electron chi connectivity index (χ2n) is 11.0. The van der Waals surface area contributed by atoms with Gasteiger partial charge in [0, 0.05) is 6.08 Å². The molecule has 1 aromatic rings. The van der Waals surface area contributed by atoms with Gasteiger partial charge in [-0.15, -0.1) is 0 Å². The second-order valence-corrected chi connectivity index (χ2v) is 11.0. The summed E-state index contributed by atoms with van der Waals surface area (Å²) in [4.78, 5) is 11.9. The third-order valence-electron chi connectivity index (χ3n) is 7.56. The van der Waals surface area contributed by atoms with Gasteiger partial charge in [0.2, 0.25) is 0 Å². The van der Waals surface area contributed by atoms with E-state index in [0.717, 1.165) is 18.4 Å². The van der Waals surface area contributed by atoms with E-state index in [9.17, 15) is 4.79 Å². The lowest BCUT2D eigenvalue weighted by atomic mass is 10.0. The summed E-state index contributed by atoms with van der Waals surface area (Å²) in [5.74, 6) is 1.01. The van der Waals surface area contributed by atoms with E-state index in [1.54, 1.807) is 20.3 Å². The number of esters is 1. The summed E-state index contributed by atoms with van der Waals surface area (Å²) in [5.41, 5.74) is 0.869. The average molecular weight is 545 g/mol. The molecule has 1 aromatic carbocycles. The van der Waals surface area contributed by atoms with Gasteiger partial charge in [-0.25, -0.2) is 4.79 Å². The zero-order valence-corrected chi connectivity index (χ0v) is 25.8. The first-order valence-electron chi connectivity index (χ1n) is 16.3. The molecular formula is C35H60O4. The Bertz CT molecular complexity index is 727. The van der Waals surface area contributed by atoms with Gasteiger partial charge in [-0.2, -0.15) is 0 Å². The Morgan fingerprint density at radius 2 is 1.00 bits per heavy atom. The van der Waals surface area contributed by atoms with Gasteiger partial charge < -0.3 is 14.2 Å². The van der Waals surface area contributed by atoms with Gasteiger partial charge in [0.15, 0.2) is 11.5 Å². The Hall–Kier alpha value is -1.97. The number of carbonyl (C=O) groups is 1. The molecule has 0 N–H and O–H groups in total. The van der Waals surface area contributed by atoms with Crippen LogP contribution in [0.25, 0.3) is 6.08 Å². The standard InChI is InChI=1S/C35H60O4/c1-4-5-6-7-8-9-10-11-12-13-14-15-16-17-18-19-20-21-22-23-24-25-30-39-35(36)29-27-32-26-28-33(37-2)34(31-32)38-3/h26-29,31H,4-25,30H2,1-3H3/b29-27+. The Kier molecular flexibility index (Phi) is 23.6. The van der Waals surface area contributed by atoms with E-state index < -0.39 is 0 Å². The first kappa shape index (κ1) is 35.1. The molecule has 0 bridgehead atoms. The molecule has 224 valence electrons. The molecule has 0 heterocycles. The van der Waals surface area contributed by atoms with Gasteiger partial charge in [-0.1, -0.05) is 148 Å². The van der Waals surface area contributed by atoms with Crippen molar-refractivity contribution in [3.8, 4) is 11.5 Å². The normalized spacial score (nSPS) is 11.3. The van der Waals surface area contributed by atoms with Crippen LogP contribution < -0.4 is 9.47 Å². The van der Waals surface area contributed by atoms with Gasteiger partial charge >= 0.3 is 5.97 Å². The largest absolute Gasteiger partial charge is 0.493 e. The van der Waals surface area contributed by atoms with Crippen LogP contribution in [0.3, 0.4) is 0 Å². The predicted octanol–water partition coefficient (Wildman–Crippen LogP) is 10.9. The molecule has 39 heavy (non-hydrogen) atoms. The average Bonchev–Trinajstić information content (AvgIpc) is 2.96. The van der Waals surface area contributed by atoms with Crippen LogP contribution in [0.4, 0.5) is 0 Å². The number of carbonyl (C=O) groups excluding carboxylic acids is 1. The third-order valence-corrected chi connectivity index (χ3v) is 7.56. The van der Waals surface area contributed by atoms with E-state index in [0.29, 0.717) is 18.1 Å². The fraction of sp³-hybridized carbons (Fsp3) is 0.743. The molecule has 0 fully saturated rings. The van der Waals surface area contributed by atoms with Crippen molar-refractivity contribution in [2.45, 2.75) is 148 Å². The summed E-state index contributed by atoms with van der Waals surface area (Å²) in [6.45, 7) is 2.79. The molecule has 0 amide bonds. The third kappa shape index (κ3) is 20.6. The quantitative estimate of drug-likeness (QED) is 0.0627. The second kappa shape index (κ2) is 26.3. The monoisotopic (exact) mass is 544 g/mol. The van der Waals surface area contributed by atoms with Crippen molar-refractivity contribution in [1.82, 2.24) is 0 Å². The maximum absolute atomic E-state index is 11.9. The van der Waals surface area contributed by atoms with Gasteiger partial charge in [-0.05, 0) is 30.2 Å².